The third kappa shape index (κ3) is 3.44. The zero-order chi connectivity index (χ0) is 12.1. The fourth-order valence-electron chi connectivity index (χ4n) is 1.74. The van der Waals surface area contributed by atoms with Gasteiger partial charge in [0.25, 0.3) is 0 Å². The summed E-state index contributed by atoms with van der Waals surface area (Å²) < 4.78 is 1.56. The van der Waals surface area contributed by atoms with Crippen LogP contribution >= 0.6 is 11.8 Å². The van der Waals surface area contributed by atoms with Crippen molar-refractivity contribution < 1.29 is 4.79 Å². The number of rotatable bonds is 3. The van der Waals surface area contributed by atoms with Crippen molar-refractivity contribution in [1.82, 2.24) is 19.9 Å². The average molecular weight is 255 g/mol. The molecule has 1 aromatic rings. The third-order valence-corrected chi connectivity index (χ3v) is 3.72. The number of hydrogen-bond acceptors (Lipinski definition) is 5. The first kappa shape index (κ1) is 12.4. The summed E-state index contributed by atoms with van der Waals surface area (Å²) in [5.74, 6) is 2.28. The van der Waals surface area contributed by atoms with Gasteiger partial charge in [-0.15, -0.1) is 5.10 Å². The molecule has 2 heterocycles. The van der Waals surface area contributed by atoms with Crippen LogP contribution in [0.1, 0.15) is 12.1 Å². The van der Waals surface area contributed by atoms with E-state index in [9.17, 15) is 4.79 Å². The average Bonchev–Trinajstić information content (AvgIpc) is 2.62. The predicted molar refractivity (Wildman–Crippen MR) is 66.4 cm³/mol. The van der Waals surface area contributed by atoms with Crippen LogP contribution in [0.5, 0.6) is 0 Å². The van der Waals surface area contributed by atoms with Gasteiger partial charge >= 0.3 is 0 Å². The van der Waals surface area contributed by atoms with E-state index in [1.54, 1.807) is 10.9 Å². The second-order valence-corrected chi connectivity index (χ2v) is 5.18. The van der Waals surface area contributed by atoms with Crippen molar-refractivity contribution in [2.75, 3.05) is 24.6 Å². The van der Waals surface area contributed by atoms with Gasteiger partial charge in [-0.25, -0.2) is 4.68 Å². The van der Waals surface area contributed by atoms with E-state index in [1.165, 1.54) is 0 Å². The standard InChI is InChI=1S/C10H17N5OS/c11-6-9-7-15(13-12-9)8-10(16)14-2-1-4-17-5-3-14/h7H,1-6,8,11H2. The lowest BCUT2D eigenvalue weighted by Crippen LogP contribution is -2.35. The second-order valence-electron chi connectivity index (χ2n) is 3.96. The van der Waals surface area contributed by atoms with E-state index in [-0.39, 0.29) is 12.5 Å². The van der Waals surface area contributed by atoms with Crippen LogP contribution in [0, 0.1) is 0 Å². The molecule has 17 heavy (non-hydrogen) atoms. The fourth-order valence-corrected chi connectivity index (χ4v) is 2.63. The van der Waals surface area contributed by atoms with Gasteiger partial charge in [-0.2, -0.15) is 11.8 Å². The van der Waals surface area contributed by atoms with Crippen LogP contribution < -0.4 is 5.73 Å². The zero-order valence-corrected chi connectivity index (χ0v) is 10.5. The van der Waals surface area contributed by atoms with Gasteiger partial charge in [0.2, 0.25) is 5.91 Å². The summed E-state index contributed by atoms with van der Waals surface area (Å²) in [5, 5.41) is 7.74. The van der Waals surface area contributed by atoms with Crippen molar-refractivity contribution in [3.05, 3.63) is 11.9 Å². The number of nitrogens with zero attached hydrogens (tertiary/aromatic N) is 4. The summed E-state index contributed by atoms with van der Waals surface area (Å²) in [6.45, 7) is 2.30. The topological polar surface area (TPSA) is 77.0 Å². The maximum Gasteiger partial charge on any atom is 0.244 e. The summed E-state index contributed by atoms with van der Waals surface area (Å²) >= 11 is 1.91. The van der Waals surface area contributed by atoms with Crippen molar-refractivity contribution >= 4 is 17.7 Å². The molecular formula is C10H17N5OS. The van der Waals surface area contributed by atoms with Crippen LogP contribution in [0.25, 0.3) is 0 Å². The lowest BCUT2D eigenvalue weighted by molar-refractivity contribution is -0.131. The first-order valence-corrected chi connectivity index (χ1v) is 6.89. The van der Waals surface area contributed by atoms with E-state index in [1.807, 2.05) is 16.7 Å². The van der Waals surface area contributed by atoms with Crippen LogP contribution in [-0.2, 0) is 17.9 Å². The highest BCUT2D eigenvalue weighted by Gasteiger charge is 2.16. The molecule has 0 bridgehead atoms. The molecule has 7 heteroatoms. The molecule has 0 radical (unpaired) electrons. The second kappa shape index (κ2) is 6.02. The van der Waals surface area contributed by atoms with Gasteiger partial charge in [-0.05, 0) is 12.2 Å². The molecule has 1 saturated heterocycles. The Morgan fingerprint density at radius 2 is 2.35 bits per heavy atom. The van der Waals surface area contributed by atoms with E-state index >= 15 is 0 Å². The molecule has 94 valence electrons. The molecule has 0 aliphatic carbocycles. The van der Waals surface area contributed by atoms with Gasteiger partial charge in [-0.3, -0.25) is 4.79 Å². The Balaban J connectivity index is 1.90. The lowest BCUT2D eigenvalue weighted by Gasteiger charge is -2.19. The molecule has 0 atom stereocenters. The molecule has 0 spiro atoms. The molecular weight excluding hydrogens is 238 g/mol. The molecule has 2 rings (SSSR count). The molecule has 0 unspecified atom stereocenters. The van der Waals surface area contributed by atoms with Gasteiger partial charge in [0.05, 0.1) is 11.9 Å². The van der Waals surface area contributed by atoms with Crippen LogP contribution in [-0.4, -0.2) is 50.4 Å². The number of nitrogens with two attached hydrogens (primary N) is 1. The highest BCUT2D eigenvalue weighted by Crippen LogP contribution is 2.10. The van der Waals surface area contributed by atoms with E-state index in [0.717, 1.165) is 31.0 Å². The van der Waals surface area contributed by atoms with Gasteiger partial charge in [0.1, 0.15) is 6.54 Å². The van der Waals surface area contributed by atoms with Gasteiger partial charge < -0.3 is 10.6 Å². The first-order valence-electron chi connectivity index (χ1n) is 5.74. The molecule has 1 aliphatic rings. The highest BCUT2D eigenvalue weighted by atomic mass is 32.2. The predicted octanol–water partition coefficient (Wildman–Crippen LogP) is -0.298. The SMILES string of the molecule is NCc1cn(CC(=O)N2CCCSCC2)nn1. The summed E-state index contributed by atoms with van der Waals surface area (Å²) in [4.78, 5) is 13.9. The molecule has 2 N–H and O–H groups in total. The summed E-state index contributed by atoms with van der Waals surface area (Å²) in [6.07, 6.45) is 2.80. The van der Waals surface area contributed by atoms with Crippen LogP contribution in [0.2, 0.25) is 0 Å². The smallest absolute Gasteiger partial charge is 0.244 e. The molecule has 0 aromatic carbocycles. The normalized spacial score (nSPS) is 16.9. The van der Waals surface area contributed by atoms with E-state index < -0.39 is 0 Å². The maximum atomic E-state index is 12.0. The Morgan fingerprint density at radius 1 is 1.47 bits per heavy atom. The van der Waals surface area contributed by atoms with Crippen molar-refractivity contribution in [2.45, 2.75) is 19.5 Å². The Bertz CT molecular complexity index is 373. The van der Waals surface area contributed by atoms with Gasteiger partial charge in [0.15, 0.2) is 0 Å². The zero-order valence-electron chi connectivity index (χ0n) is 9.71. The number of carbonyl (C=O) groups excluding carboxylic acids is 1. The summed E-state index contributed by atoms with van der Waals surface area (Å²) in [6, 6.07) is 0. The van der Waals surface area contributed by atoms with Gasteiger partial charge in [0, 0.05) is 25.4 Å². The number of thioether (sulfide) groups is 1. The largest absolute Gasteiger partial charge is 0.340 e. The van der Waals surface area contributed by atoms with Crippen LogP contribution in [0.4, 0.5) is 0 Å². The van der Waals surface area contributed by atoms with Crippen LogP contribution in [0.3, 0.4) is 0 Å². The molecule has 1 amide bonds. The molecule has 1 aromatic heterocycles. The monoisotopic (exact) mass is 255 g/mol. The van der Waals surface area contributed by atoms with Crippen molar-refractivity contribution in [3.63, 3.8) is 0 Å². The molecule has 1 fully saturated rings. The first-order chi connectivity index (χ1) is 8.29. The van der Waals surface area contributed by atoms with Crippen molar-refractivity contribution in [3.8, 4) is 0 Å². The lowest BCUT2D eigenvalue weighted by atomic mass is 10.4. The summed E-state index contributed by atoms with van der Waals surface area (Å²) in [5.41, 5.74) is 6.16. The quantitative estimate of drug-likeness (QED) is 0.802. The van der Waals surface area contributed by atoms with Crippen LogP contribution in [0.15, 0.2) is 6.20 Å². The minimum absolute atomic E-state index is 0.112. The van der Waals surface area contributed by atoms with E-state index in [2.05, 4.69) is 10.3 Å². The Morgan fingerprint density at radius 3 is 3.12 bits per heavy atom. The van der Waals surface area contributed by atoms with Crippen molar-refractivity contribution in [2.24, 2.45) is 5.73 Å². The minimum atomic E-state index is 0.112. The van der Waals surface area contributed by atoms with E-state index in [4.69, 9.17) is 5.73 Å². The Labute approximate surface area is 105 Å². The van der Waals surface area contributed by atoms with E-state index in [0.29, 0.717) is 12.2 Å². The Hall–Kier alpha value is -1.08. The third-order valence-electron chi connectivity index (χ3n) is 2.67. The minimum Gasteiger partial charge on any atom is -0.340 e. The number of amides is 1. The fraction of sp³-hybridized carbons (Fsp3) is 0.700. The summed E-state index contributed by atoms with van der Waals surface area (Å²) in [7, 11) is 0. The highest BCUT2D eigenvalue weighted by molar-refractivity contribution is 7.99. The maximum absolute atomic E-state index is 12.0. The molecule has 6 nitrogen and oxygen atoms in total. The number of hydrogen-bond donors (Lipinski definition) is 1. The molecule has 0 saturated carbocycles. The number of carbonyl (C=O) groups is 1. The number of aromatic nitrogens is 3. The molecule has 1 aliphatic heterocycles. The van der Waals surface area contributed by atoms with Crippen molar-refractivity contribution in [1.29, 1.82) is 0 Å². The van der Waals surface area contributed by atoms with Gasteiger partial charge in [-0.1, -0.05) is 5.21 Å². The Kier molecular flexibility index (Phi) is 4.38.